The van der Waals surface area contributed by atoms with Gasteiger partial charge in [-0.25, -0.2) is 0 Å². The molecular weight excluding hydrogens is 210 g/mol. The molecule has 0 saturated carbocycles. The van der Waals surface area contributed by atoms with Gasteiger partial charge in [-0.3, -0.25) is 4.79 Å². The molecule has 0 saturated heterocycles. The van der Waals surface area contributed by atoms with Gasteiger partial charge in [0.2, 0.25) is 5.91 Å². The van der Waals surface area contributed by atoms with Crippen molar-refractivity contribution in [2.75, 3.05) is 0 Å². The minimum Gasteiger partial charge on any atom is -0.353 e. The maximum atomic E-state index is 11.8. The van der Waals surface area contributed by atoms with Crippen molar-refractivity contribution in [3.05, 3.63) is 35.4 Å². The maximum Gasteiger partial charge on any atom is 0.224 e. The fourth-order valence-corrected chi connectivity index (χ4v) is 1.40. The van der Waals surface area contributed by atoms with Gasteiger partial charge >= 0.3 is 0 Å². The Balaban J connectivity index is 2.53. The average Bonchev–Trinajstić information content (AvgIpc) is 2.20. The number of hydrogen-bond acceptors (Lipinski definition) is 1. The molecule has 0 spiro atoms. The molecule has 17 heavy (non-hydrogen) atoms. The molecule has 0 aliphatic heterocycles. The summed E-state index contributed by atoms with van der Waals surface area (Å²) < 4.78 is 0. The molecular formula is C15H23NO. The van der Waals surface area contributed by atoms with Crippen LogP contribution < -0.4 is 5.32 Å². The molecule has 1 N–H and O–H groups in total. The van der Waals surface area contributed by atoms with E-state index in [1.807, 2.05) is 38.1 Å². The Labute approximate surface area is 104 Å². The fraction of sp³-hybridized carbons (Fsp3) is 0.533. The summed E-state index contributed by atoms with van der Waals surface area (Å²) in [5.74, 6) is 0.0938. The Morgan fingerprint density at radius 3 is 2.24 bits per heavy atom. The van der Waals surface area contributed by atoms with Crippen LogP contribution in [0, 0.1) is 12.3 Å². The standard InChI is InChI=1S/C15H23NO/c1-11-6-8-13(9-7-11)10-14(17)16-12(2)15(3,4)5/h6-9,12H,10H2,1-5H3,(H,16,17)/t12-/m1/s1. The lowest BCUT2D eigenvalue weighted by Gasteiger charge is -2.28. The molecule has 0 aromatic heterocycles. The summed E-state index contributed by atoms with van der Waals surface area (Å²) in [6, 6.07) is 8.28. The Morgan fingerprint density at radius 1 is 1.24 bits per heavy atom. The number of nitrogens with one attached hydrogen (secondary N) is 1. The molecule has 1 aromatic carbocycles. The summed E-state index contributed by atoms with van der Waals surface area (Å²) in [6.45, 7) is 10.5. The van der Waals surface area contributed by atoms with Gasteiger partial charge < -0.3 is 5.32 Å². The molecule has 0 heterocycles. The zero-order chi connectivity index (χ0) is 13.1. The van der Waals surface area contributed by atoms with Gasteiger partial charge in [-0.1, -0.05) is 50.6 Å². The topological polar surface area (TPSA) is 29.1 Å². The van der Waals surface area contributed by atoms with Crippen LogP contribution in [0.15, 0.2) is 24.3 Å². The predicted molar refractivity (Wildman–Crippen MR) is 71.9 cm³/mol. The van der Waals surface area contributed by atoms with Gasteiger partial charge in [0.1, 0.15) is 0 Å². The molecule has 2 nitrogen and oxygen atoms in total. The first-order valence-electron chi connectivity index (χ1n) is 6.14. The van der Waals surface area contributed by atoms with Gasteiger partial charge in [0, 0.05) is 6.04 Å². The molecule has 94 valence electrons. The summed E-state index contributed by atoms with van der Waals surface area (Å²) in [4.78, 5) is 11.8. The predicted octanol–water partition coefficient (Wildman–Crippen LogP) is 3.09. The molecule has 2 heteroatoms. The minimum atomic E-state index is 0.0938. The molecule has 0 aliphatic rings. The Bertz CT molecular complexity index is 373. The lowest BCUT2D eigenvalue weighted by molar-refractivity contribution is -0.121. The van der Waals surface area contributed by atoms with Gasteiger partial charge in [0.15, 0.2) is 0 Å². The number of aryl methyl sites for hydroxylation is 1. The van der Waals surface area contributed by atoms with Gasteiger partial charge in [0.05, 0.1) is 6.42 Å². The third-order valence-corrected chi connectivity index (χ3v) is 3.16. The van der Waals surface area contributed by atoms with E-state index in [0.717, 1.165) is 5.56 Å². The quantitative estimate of drug-likeness (QED) is 0.854. The Morgan fingerprint density at radius 2 is 1.76 bits per heavy atom. The Kier molecular flexibility index (Phi) is 4.33. The number of carbonyl (C=O) groups is 1. The first kappa shape index (κ1) is 13.8. The first-order valence-corrected chi connectivity index (χ1v) is 6.14. The third kappa shape index (κ3) is 4.59. The Hall–Kier alpha value is -1.31. The highest BCUT2D eigenvalue weighted by molar-refractivity contribution is 5.78. The molecule has 1 rings (SSSR count). The van der Waals surface area contributed by atoms with E-state index in [2.05, 4.69) is 26.1 Å². The summed E-state index contributed by atoms with van der Waals surface area (Å²) >= 11 is 0. The minimum absolute atomic E-state index is 0.0938. The monoisotopic (exact) mass is 233 g/mol. The van der Waals surface area contributed by atoms with Crippen LogP contribution in [0.1, 0.15) is 38.8 Å². The average molecular weight is 233 g/mol. The number of benzene rings is 1. The van der Waals surface area contributed by atoms with Crippen molar-refractivity contribution in [1.29, 1.82) is 0 Å². The highest BCUT2D eigenvalue weighted by atomic mass is 16.1. The molecule has 0 bridgehead atoms. The SMILES string of the molecule is Cc1ccc(CC(=O)N[C@H](C)C(C)(C)C)cc1. The van der Waals surface area contributed by atoms with Crippen LogP contribution in [-0.2, 0) is 11.2 Å². The summed E-state index contributed by atoms with van der Waals surface area (Å²) in [6.07, 6.45) is 0.459. The van der Waals surface area contributed by atoms with Gasteiger partial charge in [-0.15, -0.1) is 0 Å². The van der Waals surface area contributed by atoms with E-state index < -0.39 is 0 Å². The molecule has 0 aliphatic carbocycles. The van der Waals surface area contributed by atoms with Crippen molar-refractivity contribution >= 4 is 5.91 Å². The second-order valence-corrected chi connectivity index (χ2v) is 5.82. The van der Waals surface area contributed by atoms with Crippen LogP contribution in [0.25, 0.3) is 0 Å². The van der Waals surface area contributed by atoms with Crippen LogP contribution in [0.5, 0.6) is 0 Å². The lowest BCUT2D eigenvalue weighted by Crippen LogP contribution is -2.42. The molecule has 1 amide bonds. The zero-order valence-electron chi connectivity index (χ0n) is 11.5. The summed E-state index contributed by atoms with van der Waals surface area (Å²) in [5, 5.41) is 3.04. The van der Waals surface area contributed by atoms with Crippen LogP contribution >= 0.6 is 0 Å². The van der Waals surface area contributed by atoms with E-state index in [0.29, 0.717) is 6.42 Å². The zero-order valence-corrected chi connectivity index (χ0v) is 11.5. The van der Waals surface area contributed by atoms with Crippen molar-refractivity contribution in [3.63, 3.8) is 0 Å². The van der Waals surface area contributed by atoms with Gasteiger partial charge in [-0.05, 0) is 24.8 Å². The largest absolute Gasteiger partial charge is 0.353 e. The van der Waals surface area contributed by atoms with E-state index in [9.17, 15) is 4.79 Å². The lowest BCUT2D eigenvalue weighted by atomic mass is 9.88. The maximum absolute atomic E-state index is 11.8. The van der Waals surface area contributed by atoms with Gasteiger partial charge in [-0.2, -0.15) is 0 Å². The highest BCUT2D eigenvalue weighted by Gasteiger charge is 2.21. The molecule has 1 aromatic rings. The highest BCUT2D eigenvalue weighted by Crippen LogP contribution is 2.18. The van der Waals surface area contributed by atoms with Crippen molar-refractivity contribution in [2.45, 2.75) is 47.1 Å². The van der Waals surface area contributed by atoms with E-state index in [-0.39, 0.29) is 17.4 Å². The van der Waals surface area contributed by atoms with E-state index in [4.69, 9.17) is 0 Å². The second kappa shape index (κ2) is 5.35. The molecule has 1 atom stereocenters. The summed E-state index contributed by atoms with van der Waals surface area (Å²) in [5.41, 5.74) is 2.38. The van der Waals surface area contributed by atoms with Crippen LogP contribution in [0.3, 0.4) is 0 Å². The van der Waals surface area contributed by atoms with Crippen molar-refractivity contribution in [3.8, 4) is 0 Å². The number of rotatable bonds is 3. The third-order valence-electron chi connectivity index (χ3n) is 3.16. The number of carbonyl (C=O) groups excluding carboxylic acids is 1. The molecule has 0 radical (unpaired) electrons. The van der Waals surface area contributed by atoms with Crippen molar-refractivity contribution < 1.29 is 4.79 Å². The smallest absolute Gasteiger partial charge is 0.224 e. The van der Waals surface area contributed by atoms with Crippen molar-refractivity contribution in [2.24, 2.45) is 5.41 Å². The van der Waals surface area contributed by atoms with Crippen LogP contribution in [0.2, 0.25) is 0 Å². The van der Waals surface area contributed by atoms with E-state index in [1.54, 1.807) is 0 Å². The number of amides is 1. The van der Waals surface area contributed by atoms with Crippen LogP contribution in [0.4, 0.5) is 0 Å². The normalized spacial score (nSPS) is 13.2. The number of hydrogen-bond donors (Lipinski definition) is 1. The van der Waals surface area contributed by atoms with Gasteiger partial charge in [0.25, 0.3) is 0 Å². The molecule has 0 unspecified atom stereocenters. The van der Waals surface area contributed by atoms with Crippen LogP contribution in [-0.4, -0.2) is 11.9 Å². The summed E-state index contributed by atoms with van der Waals surface area (Å²) in [7, 11) is 0. The van der Waals surface area contributed by atoms with E-state index in [1.165, 1.54) is 5.56 Å². The second-order valence-electron chi connectivity index (χ2n) is 5.82. The fourth-order valence-electron chi connectivity index (χ4n) is 1.40. The van der Waals surface area contributed by atoms with Crippen molar-refractivity contribution in [1.82, 2.24) is 5.32 Å². The molecule has 0 fully saturated rings. The first-order chi connectivity index (χ1) is 7.79. The van der Waals surface area contributed by atoms with E-state index >= 15 is 0 Å².